The van der Waals surface area contributed by atoms with Crippen molar-refractivity contribution in [2.24, 2.45) is 5.73 Å². The van der Waals surface area contributed by atoms with Crippen LogP contribution in [-0.2, 0) is 4.74 Å². The van der Waals surface area contributed by atoms with Crippen LogP contribution in [0.4, 0.5) is 0 Å². The number of hydrogen-bond donors (Lipinski definition) is 2. The van der Waals surface area contributed by atoms with Crippen molar-refractivity contribution in [1.29, 1.82) is 5.41 Å². The molecule has 11 heavy (non-hydrogen) atoms. The molecule has 0 atom stereocenters. The fourth-order valence-corrected chi connectivity index (χ4v) is 1.07. The Morgan fingerprint density at radius 2 is 2.09 bits per heavy atom. The van der Waals surface area contributed by atoms with E-state index in [1.54, 1.807) is 0 Å². The molecule has 1 aliphatic heterocycles. The van der Waals surface area contributed by atoms with Crippen LogP contribution in [0, 0.1) is 5.41 Å². The summed E-state index contributed by atoms with van der Waals surface area (Å²) in [7, 11) is 0. The monoisotopic (exact) mass is 155 g/mol. The number of rotatable bonds is 2. The molecule has 1 saturated heterocycles. The molecule has 0 aromatic rings. The van der Waals surface area contributed by atoms with E-state index < -0.39 is 0 Å². The first kappa shape index (κ1) is 8.07. The Morgan fingerprint density at radius 1 is 1.45 bits per heavy atom. The van der Waals surface area contributed by atoms with E-state index in [4.69, 9.17) is 15.9 Å². The molecule has 0 spiro atoms. The fraction of sp³-hybridized carbons (Fsp3) is 0.571. The van der Waals surface area contributed by atoms with Crippen LogP contribution in [0.2, 0.25) is 0 Å². The third-order valence-electron chi connectivity index (χ3n) is 1.69. The lowest BCUT2D eigenvalue weighted by Gasteiger charge is -2.28. The van der Waals surface area contributed by atoms with E-state index >= 15 is 0 Å². The van der Waals surface area contributed by atoms with Gasteiger partial charge in [-0.15, -0.1) is 0 Å². The Labute approximate surface area is 66.1 Å². The summed E-state index contributed by atoms with van der Waals surface area (Å²) in [5, 5.41) is 7.04. The number of hydrogen-bond acceptors (Lipinski definition) is 4. The van der Waals surface area contributed by atoms with Gasteiger partial charge in [-0.1, -0.05) is 0 Å². The molecule has 0 saturated carbocycles. The van der Waals surface area contributed by atoms with Crippen molar-refractivity contribution in [3.8, 4) is 0 Å². The minimum absolute atomic E-state index is 0.727. The highest BCUT2D eigenvalue weighted by Gasteiger charge is 2.10. The van der Waals surface area contributed by atoms with Gasteiger partial charge in [-0.05, 0) is 0 Å². The zero-order valence-electron chi connectivity index (χ0n) is 6.42. The van der Waals surface area contributed by atoms with Gasteiger partial charge >= 0.3 is 0 Å². The quantitative estimate of drug-likeness (QED) is 0.541. The average molecular weight is 155 g/mol. The standard InChI is InChI=1S/C7H13N3O/c8-5-7(6-9)10-1-3-11-4-2-10/h5-6,8H,1-4,9H2/b7-6+,8-5?. The van der Waals surface area contributed by atoms with E-state index in [0.29, 0.717) is 0 Å². The van der Waals surface area contributed by atoms with E-state index in [0.717, 1.165) is 32.0 Å². The van der Waals surface area contributed by atoms with Crippen molar-refractivity contribution in [2.45, 2.75) is 0 Å². The Balaban J connectivity index is 2.49. The second kappa shape index (κ2) is 3.98. The topological polar surface area (TPSA) is 62.3 Å². The van der Waals surface area contributed by atoms with Crippen molar-refractivity contribution < 1.29 is 4.74 Å². The lowest BCUT2D eigenvalue weighted by molar-refractivity contribution is 0.0566. The minimum Gasteiger partial charge on any atom is -0.403 e. The summed E-state index contributed by atoms with van der Waals surface area (Å²) in [6.45, 7) is 3.12. The van der Waals surface area contributed by atoms with Gasteiger partial charge < -0.3 is 20.8 Å². The van der Waals surface area contributed by atoms with Crippen LogP contribution < -0.4 is 5.73 Å². The van der Waals surface area contributed by atoms with Gasteiger partial charge in [-0.2, -0.15) is 0 Å². The minimum atomic E-state index is 0.727. The highest BCUT2D eigenvalue weighted by molar-refractivity contribution is 5.74. The Bertz CT molecular complexity index is 161. The molecule has 0 radical (unpaired) electrons. The predicted molar refractivity (Wildman–Crippen MR) is 43.4 cm³/mol. The third kappa shape index (κ3) is 1.94. The third-order valence-corrected chi connectivity index (χ3v) is 1.69. The maximum absolute atomic E-state index is 7.04. The lowest BCUT2D eigenvalue weighted by Crippen LogP contribution is -2.36. The molecule has 0 unspecified atom stereocenters. The van der Waals surface area contributed by atoms with E-state index in [-0.39, 0.29) is 0 Å². The summed E-state index contributed by atoms with van der Waals surface area (Å²) >= 11 is 0. The van der Waals surface area contributed by atoms with Gasteiger partial charge in [0, 0.05) is 25.5 Å². The van der Waals surface area contributed by atoms with Crippen LogP contribution in [0.15, 0.2) is 11.9 Å². The maximum Gasteiger partial charge on any atom is 0.0703 e. The van der Waals surface area contributed by atoms with Crippen molar-refractivity contribution in [2.75, 3.05) is 26.3 Å². The van der Waals surface area contributed by atoms with Gasteiger partial charge in [0.05, 0.1) is 18.9 Å². The number of nitrogens with one attached hydrogen (secondary N) is 1. The molecule has 0 aliphatic carbocycles. The second-order valence-corrected chi connectivity index (χ2v) is 2.34. The molecule has 4 heteroatoms. The number of ether oxygens (including phenoxy) is 1. The highest BCUT2D eigenvalue weighted by Crippen LogP contribution is 2.03. The molecule has 0 bridgehead atoms. The zero-order chi connectivity index (χ0) is 8.10. The molecule has 0 amide bonds. The highest BCUT2D eigenvalue weighted by atomic mass is 16.5. The van der Waals surface area contributed by atoms with E-state index in [2.05, 4.69) is 0 Å². The number of nitrogens with two attached hydrogens (primary N) is 1. The molecule has 1 rings (SSSR count). The zero-order valence-corrected chi connectivity index (χ0v) is 6.42. The summed E-state index contributed by atoms with van der Waals surface area (Å²) in [5.74, 6) is 0. The first-order valence-corrected chi connectivity index (χ1v) is 3.63. The molecule has 4 nitrogen and oxygen atoms in total. The number of morpholine rings is 1. The summed E-state index contributed by atoms with van der Waals surface area (Å²) in [4.78, 5) is 2.04. The van der Waals surface area contributed by atoms with E-state index in [1.807, 2.05) is 4.90 Å². The maximum atomic E-state index is 7.04. The normalized spacial score (nSPS) is 20.0. The van der Waals surface area contributed by atoms with Crippen molar-refractivity contribution in [3.05, 3.63) is 11.9 Å². The van der Waals surface area contributed by atoms with Crippen LogP contribution >= 0.6 is 0 Å². The summed E-state index contributed by atoms with van der Waals surface area (Å²) in [6.07, 6.45) is 2.73. The first-order valence-electron chi connectivity index (χ1n) is 3.63. The van der Waals surface area contributed by atoms with Crippen LogP contribution in [0.3, 0.4) is 0 Å². The smallest absolute Gasteiger partial charge is 0.0703 e. The van der Waals surface area contributed by atoms with Gasteiger partial charge in [-0.3, -0.25) is 0 Å². The van der Waals surface area contributed by atoms with Crippen molar-refractivity contribution in [1.82, 2.24) is 4.90 Å². The molecule has 0 aromatic carbocycles. The van der Waals surface area contributed by atoms with Crippen molar-refractivity contribution >= 4 is 6.21 Å². The first-order chi connectivity index (χ1) is 5.38. The largest absolute Gasteiger partial charge is 0.403 e. The van der Waals surface area contributed by atoms with Crippen LogP contribution in [0.1, 0.15) is 0 Å². The molecule has 1 heterocycles. The Hall–Kier alpha value is -1.03. The number of nitrogens with zero attached hydrogens (tertiary/aromatic N) is 1. The van der Waals surface area contributed by atoms with Gasteiger partial charge in [0.2, 0.25) is 0 Å². The van der Waals surface area contributed by atoms with E-state index in [1.165, 1.54) is 12.4 Å². The summed E-state index contributed by atoms with van der Waals surface area (Å²) in [6, 6.07) is 0. The number of allylic oxidation sites excluding steroid dienone is 1. The molecule has 0 aromatic heterocycles. The predicted octanol–water partition coefficient (Wildman–Crippen LogP) is -0.232. The van der Waals surface area contributed by atoms with Gasteiger partial charge in [0.1, 0.15) is 0 Å². The SMILES string of the molecule is N=C/C(=C\N)N1CCOCC1. The van der Waals surface area contributed by atoms with Crippen LogP contribution in [0.5, 0.6) is 0 Å². The van der Waals surface area contributed by atoms with Gasteiger partial charge in [0.25, 0.3) is 0 Å². The second-order valence-electron chi connectivity index (χ2n) is 2.34. The average Bonchev–Trinajstić information content (AvgIpc) is 2.09. The molecule has 1 fully saturated rings. The lowest BCUT2D eigenvalue weighted by atomic mass is 10.3. The summed E-state index contributed by atoms with van der Waals surface area (Å²) < 4.78 is 5.15. The van der Waals surface area contributed by atoms with E-state index in [9.17, 15) is 0 Å². The Morgan fingerprint density at radius 3 is 2.55 bits per heavy atom. The van der Waals surface area contributed by atoms with Crippen molar-refractivity contribution in [3.63, 3.8) is 0 Å². The molecular formula is C7H13N3O. The van der Waals surface area contributed by atoms with Crippen LogP contribution in [0.25, 0.3) is 0 Å². The molecule has 3 N–H and O–H groups in total. The summed E-state index contributed by atoms with van der Waals surface area (Å²) in [5.41, 5.74) is 6.09. The molecule has 1 aliphatic rings. The Kier molecular flexibility index (Phi) is 2.92. The molecular weight excluding hydrogens is 142 g/mol. The molecule has 62 valence electrons. The van der Waals surface area contributed by atoms with Gasteiger partial charge in [-0.25, -0.2) is 0 Å². The van der Waals surface area contributed by atoms with Gasteiger partial charge in [0.15, 0.2) is 0 Å². The van der Waals surface area contributed by atoms with Crippen LogP contribution in [-0.4, -0.2) is 37.4 Å². The fourth-order valence-electron chi connectivity index (χ4n) is 1.07.